The fraction of sp³-hybridized carbons (Fsp3) is 0.327. The molecule has 1 atom stereocenters. The summed E-state index contributed by atoms with van der Waals surface area (Å²) in [5.41, 5.74) is -0.0988. The number of fused-ring (bicyclic) bond motifs is 2. The number of benzene rings is 5. The van der Waals surface area contributed by atoms with Gasteiger partial charge in [0.2, 0.25) is 0 Å². The van der Waals surface area contributed by atoms with Crippen LogP contribution in [-0.4, -0.2) is 102 Å². The molecule has 360 valence electrons. The quantitative estimate of drug-likeness (QED) is 0.0125. The van der Waals surface area contributed by atoms with E-state index < -0.39 is 73.1 Å². The fourth-order valence-corrected chi connectivity index (χ4v) is 8.54. The summed E-state index contributed by atoms with van der Waals surface area (Å²) in [4.78, 5) is 66.0. The first kappa shape index (κ1) is 53.9. The van der Waals surface area contributed by atoms with Crippen LogP contribution in [0.15, 0.2) is 102 Å². The van der Waals surface area contributed by atoms with Gasteiger partial charge in [-0.05, 0) is 78.7 Å². The third-order valence-electron chi connectivity index (χ3n) is 11.6. The van der Waals surface area contributed by atoms with Gasteiger partial charge in [0, 0.05) is 34.4 Å². The monoisotopic (exact) mass is 972 g/mol. The number of anilines is 2. The van der Waals surface area contributed by atoms with Crippen molar-refractivity contribution in [3.8, 4) is 23.0 Å². The molecule has 0 aliphatic heterocycles. The number of unbranched alkanes of at least 4 members (excludes halogenated alkanes) is 11. The third-order valence-corrected chi connectivity index (χ3v) is 12.5. The van der Waals surface area contributed by atoms with Crippen LogP contribution in [-0.2, 0) is 26.1 Å². The number of nitrogens with one attached hydrogen (secondary N) is 2. The number of aromatic hydroxyl groups is 2. The summed E-state index contributed by atoms with van der Waals surface area (Å²) in [6.45, 7) is 2.52. The van der Waals surface area contributed by atoms with Crippen LogP contribution < -0.4 is 20.1 Å². The Bertz CT molecular complexity index is 2750. The van der Waals surface area contributed by atoms with Gasteiger partial charge in [0.15, 0.2) is 29.2 Å². The number of hydrogen-bond donors (Lipinski definition) is 5. The SMILES string of the molecule is CCCCCCCCCCCCCCOC(=O)c1ccc(OC)c(NC(=O)C(Cc2ccccc2)Oc2ccc(C(=O)Nc3ccc4c(c3)C(=O)c3c(cc(S(=O)(=O)O)c(O)c3O)C4=O)cc2)c1.[NaH]. The van der Waals surface area contributed by atoms with Crippen LogP contribution in [0.1, 0.15) is 142 Å². The van der Waals surface area contributed by atoms with E-state index in [9.17, 15) is 47.2 Å². The van der Waals surface area contributed by atoms with E-state index in [2.05, 4.69) is 17.6 Å². The first-order valence-corrected chi connectivity index (χ1v) is 24.2. The summed E-state index contributed by atoms with van der Waals surface area (Å²) < 4.78 is 50.2. The van der Waals surface area contributed by atoms with E-state index in [1.807, 2.05) is 30.3 Å². The fourth-order valence-electron chi connectivity index (χ4n) is 7.93. The summed E-state index contributed by atoms with van der Waals surface area (Å²) in [5, 5.41) is 26.2. The molecule has 5 aromatic rings. The Morgan fingerprint density at radius 3 is 1.91 bits per heavy atom. The van der Waals surface area contributed by atoms with Crippen LogP contribution in [0, 0.1) is 0 Å². The topological polar surface area (TPSA) is 232 Å². The predicted octanol–water partition coefficient (Wildman–Crippen LogP) is 9.22. The molecular formula is C52H57N2NaO13S. The van der Waals surface area contributed by atoms with Crippen molar-refractivity contribution >= 4 is 80.4 Å². The van der Waals surface area contributed by atoms with Crippen molar-refractivity contribution in [1.29, 1.82) is 0 Å². The zero-order valence-corrected chi connectivity index (χ0v) is 38.9. The summed E-state index contributed by atoms with van der Waals surface area (Å²) in [6.07, 6.45) is 13.4. The molecule has 0 spiro atoms. The van der Waals surface area contributed by atoms with Gasteiger partial charge in [-0.1, -0.05) is 108 Å². The second-order valence-electron chi connectivity index (χ2n) is 16.6. The molecule has 1 aliphatic carbocycles. The second-order valence-corrected chi connectivity index (χ2v) is 18.0. The van der Waals surface area contributed by atoms with Gasteiger partial charge in [-0.15, -0.1) is 0 Å². The van der Waals surface area contributed by atoms with Crippen LogP contribution in [0.2, 0.25) is 0 Å². The number of esters is 1. The Morgan fingerprint density at radius 2 is 1.29 bits per heavy atom. The van der Waals surface area contributed by atoms with E-state index >= 15 is 0 Å². The number of rotatable bonds is 24. The zero-order chi connectivity index (χ0) is 48.8. The Hall–Kier alpha value is -6.04. The molecule has 0 aromatic heterocycles. The molecule has 5 aromatic carbocycles. The van der Waals surface area contributed by atoms with Crippen molar-refractivity contribution in [2.75, 3.05) is 24.4 Å². The number of hydrogen-bond acceptors (Lipinski definition) is 12. The average Bonchev–Trinajstić information content (AvgIpc) is 3.32. The standard InChI is InChI=1S/C52H56N2O13S.Na.H/c1-3-4-5-6-7-8-9-10-11-12-13-17-28-66-52(61)35-22-27-42(65-2)41(30-35)54-51(60)43(29-33-18-15-14-16-19-33)67-37-24-20-34(21-25-37)50(59)53-36-23-26-38-39(31-36)47(56)45-40(46(38)55)32-44(68(62,63)64)48(57)49(45)58;;/h14-16,18-27,30-32,43,57-58H,3-13,17,28-29H2,1-2H3,(H,53,59)(H,54,60)(H,62,63,64);;. The molecule has 1 unspecified atom stereocenters. The Morgan fingerprint density at radius 1 is 0.667 bits per heavy atom. The van der Waals surface area contributed by atoms with E-state index in [0.29, 0.717) is 11.8 Å². The van der Waals surface area contributed by atoms with Crippen molar-refractivity contribution in [3.63, 3.8) is 0 Å². The maximum atomic E-state index is 14.0. The van der Waals surface area contributed by atoms with Gasteiger partial charge in [0.1, 0.15) is 16.4 Å². The minimum absolute atomic E-state index is 0. The molecule has 0 heterocycles. The zero-order valence-electron chi connectivity index (χ0n) is 38.0. The summed E-state index contributed by atoms with van der Waals surface area (Å²) in [6, 6.07) is 24.1. The van der Waals surface area contributed by atoms with Gasteiger partial charge in [-0.25, -0.2) is 4.79 Å². The molecule has 0 saturated heterocycles. The molecule has 5 N–H and O–H groups in total. The molecule has 17 heteroatoms. The molecule has 0 bridgehead atoms. The van der Waals surface area contributed by atoms with Gasteiger partial charge in [0.05, 0.1) is 30.5 Å². The number of carbonyl (C=O) groups is 5. The third kappa shape index (κ3) is 14.3. The van der Waals surface area contributed by atoms with E-state index in [0.717, 1.165) is 24.8 Å². The predicted molar refractivity (Wildman–Crippen MR) is 262 cm³/mol. The number of phenolic OH excluding ortho intramolecular Hbond substituents is 2. The van der Waals surface area contributed by atoms with Crippen LogP contribution in [0.4, 0.5) is 11.4 Å². The first-order valence-electron chi connectivity index (χ1n) is 22.8. The van der Waals surface area contributed by atoms with Crippen molar-refractivity contribution in [2.45, 2.75) is 101 Å². The normalized spacial score (nSPS) is 12.2. The molecule has 69 heavy (non-hydrogen) atoms. The van der Waals surface area contributed by atoms with Gasteiger partial charge in [-0.3, -0.25) is 23.7 Å². The summed E-state index contributed by atoms with van der Waals surface area (Å²) in [5.74, 6) is -5.43. The van der Waals surface area contributed by atoms with Gasteiger partial charge >= 0.3 is 35.5 Å². The second kappa shape index (κ2) is 25.5. The Kier molecular flexibility index (Phi) is 19.9. The van der Waals surface area contributed by atoms with Gasteiger partial charge < -0.3 is 35.1 Å². The minimum atomic E-state index is -5.07. The molecule has 2 amide bonds. The number of phenols is 2. The van der Waals surface area contributed by atoms with Crippen LogP contribution in [0.3, 0.4) is 0 Å². The number of ketones is 2. The number of ether oxygens (including phenoxy) is 3. The molecule has 0 fully saturated rings. The molecule has 0 radical (unpaired) electrons. The molecule has 6 rings (SSSR count). The van der Waals surface area contributed by atoms with E-state index in [4.69, 9.17) is 14.2 Å². The van der Waals surface area contributed by atoms with Crippen molar-refractivity contribution in [3.05, 3.63) is 136 Å². The number of carbonyl (C=O) groups excluding carboxylic acids is 5. The van der Waals surface area contributed by atoms with Gasteiger partial charge in [-0.2, -0.15) is 8.42 Å². The molecule has 1 aliphatic rings. The average molecular weight is 973 g/mol. The van der Waals surface area contributed by atoms with Crippen molar-refractivity contribution in [2.24, 2.45) is 0 Å². The van der Waals surface area contributed by atoms with E-state index in [-0.39, 0.29) is 82.0 Å². The number of methoxy groups -OCH3 is 1. The van der Waals surface area contributed by atoms with Crippen LogP contribution >= 0.6 is 0 Å². The maximum absolute atomic E-state index is 14.0. The van der Waals surface area contributed by atoms with E-state index in [1.165, 1.54) is 113 Å². The Labute approximate surface area is 424 Å². The van der Waals surface area contributed by atoms with Crippen molar-refractivity contribution < 1.29 is 61.4 Å². The first-order chi connectivity index (χ1) is 32.7. The molecular weight excluding hydrogens is 916 g/mol. The Balaban J connectivity index is 0.00000888. The summed E-state index contributed by atoms with van der Waals surface area (Å²) in [7, 11) is -3.62. The van der Waals surface area contributed by atoms with Crippen LogP contribution in [0.5, 0.6) is 23.0 Å². The molecule has 15 nitrogen and oxygen atoms in total. The van der Waals surface area contributed by atoms with Crippen LogP contribution in [0.25, 0.3) is 0 Å². The number of amides is 2. The van der Waals surface area contributed by atoms with E-state index in [1.54, 1.807) is 12.1 Å². The van der Waals surface area contributed by atoms with Crippen molar-refractivity contribution in [1.82, 2.24) is 0 Å². The summed E-state index contributed by atoms with van der Waals surface area (Å²) >= 11 is 0. The molecule has 0 saturated carbocycles. The van der Waals surface area contributed by atoms with Gasteiger partial charge in [0.25, 0.3) is 21.9 Å².